The number of carbonyl (C=O) groups excluding carboxylic acids is 1. The number of hydrogen-bond acceptors (Lipinski definition) is 4. The average molecular weight is 208 g/mol. The molecule has 15 heavy (non-hydrogen) atoms. The molecule has 78 valence electrons. The monoisotopic (exact) mass is 208 g/mol. The Balaban J connectivity index is 1.78. The lowest BCUT2D eigenvalue weighted by Gasteiger charge is -2.03. The highest BCUT2D eigenvalue weighted by atomic mass is 16.7. The van der Waals surface area contributed by atoms with Gasteiger partial charge in [0.05, 0.1) is 5.92 Å². The minimum absolute atomic E-state index is 0.0202. The second kappa shape index (κ2) is 3.15. The van der Waals surface area contributed by atoms with Crippen LogP contribution in [0.2, 0.25) is 0 Å². The van der Waals surface area contributed by atoms with E-state index in [-0.39, 0.29) is 17.6 Å². The number of ether oxygens (including phenoxy) is 3. The molecule has 0 N–H and O–H groups in total. The summed E-state index contributed by atoms with van der Waals surface area (Å²) in [6, 6.07) is 4.54. The standard InChI is InChI=1S/C11H10O4/c12-11(7-1-2-7)15-8-3-4-9-10(5-8)14-6-13-9/h3-5,7H,1-2,6H2/i6D2. The van der Waals surface area contributed by atoms with E-state index in [4.69, 9.17) is 17.0 Å². The van der Waals surface area contributed by atoms with Crippen LogP contribution in [0.1, 0.15) is 15.6 Å². The van der Waals surface area contributed by atoms with E-state index in [9.17, 15) is 4.79 Å². The molecule has 0 saturated heterocycles. The van der Waals surface area contributed by atoms with Gasteiger partial charge in [0.1, 0.15) is 8.49 Å². The first kappa shape index (κ1) is 6.71. The number of carbonyl (C=O) groups is 1. The van der Waals surface area contributed by atoms with Gasteiger partial charge in [0.15, 0.2) is 11.5 Å². The van der Waals surface area contributed by atoms with Gasteiger partial charge in [0.2, 0.25) is 6.75 Å². The first-order valence-corrected chi connectivity index (χ1v) is 4.77. The average Bonchev–Trinajstić information content (AvgIpc) is 3.01. The molecule has 0 bridgehead atoms. The molecule has 4 heteroatoms. The van der Waals surface area contributed by atoms with E-state index in [0.29, 0.717) is 11.5 Å². The lowest BCUT2D eigenvalue weighted by atomic mass is 10.3. The summed E-state index contributed by atoms with van der Waals surface area (Å²) in [6.07, 6.45) is 1.76. The van der Waals surface area contributed by atoms with Crippen molar-refractivity contribution in [3.05, 3.63) is 18.2 Å². The predicted molar refractivity (Wildman–Crippen MR) is 50.9 cm³/mol. The van der Waals surface area contributed by atoms with Crippen molar-refractivity contribution in [1.29, 1.82) is 0 Å². The summed E-state index contributed by atoms with van der Waals surface area (Å²) in [5.41, 5.74) is 0. The van der Waals surface area contributed by atoms with Crippen LogP contribution < -0.4 is 14.2 Å². The molecule has 0 atom stereocenters. The second-order valence-corrected chi connectivity index (χ2v) is 3.59. The van der Waals surface area contributed by atoms with Gasteiger partial charge in [0, 0.05) is 6.07 Å². The Labute approximate surface area is 89.6 Å². The second-order valence-electron chi connectivity index (χ2n) is 3.59. The van der Waals surface area contributed by atoms with Gasteiger partial charge in [-0.05, 0) is 25.0 Å². The topological polar surface area (TPSA) is 44.8 Å². The van der Waals surface area contributed by atoms with Gasteiger partial charge in [0.25, 0.3) is 0 Å². The van der Waals surface area contributed by atoms with Crippen molar-refractivity contribution in [3.8, 4) is 17.2 Å². The third-order valence-electron chi connectivity index (χ3n) is 2.35. The van der Waals surface area contributed by atoms with Crippen LogP contribution in [0.15, 0.2) is 18.2 Å². The number of esters is 1. The van der Waals surface area contributed by atoms with Crippen molar-refractivity contribution < 1.29 is 21.7 Å². The normalized spacial score (nSPS) is 22.9. The van der Waals surface area contributed by atoms with Gasteiger partial charge in [-0.3, -0.25) is 4.79 Å². The summed E-state index contributed by atoms with van der Waals surface area (Å²) in [5.74, 6) is 0.679. The third kappa shape index (κ3) is 1.63. The van der Waals surface area contributed by atoms with Crippen LogP contribution in [0, 0.1) is 5.92 Å². The van der Waals surface area contributed by atoms with Crippen molar-refractivity contribution in [2.24, 2.45) is 5.92 Å². The molecule has 0 radical (unpaired) electrons. The van der Waals surface area contributed by atoms with Gasteiger partial charge < -0.3 is 14.2 Å². The highest BCUT2D eigenvalue weighted by molar-refractivity contribution is 5.77. The molecular weight excluding hydrogens is 196 g/mol. The van der Waals surface area contributed by atoms with E-state index in [1.165, 1.54) is 12.1 Å². The molecule has 0 amide bonds. The molecule has 4 nitrogen and oxygen atoms in total. The summed E-state index contributed by atoms with van der Waals surface area (Å²) in [4.78, 5) is 11.4. The lowest BCUT2D eigenvalue weighted by molar-refractivity contribution is -0.135. The summed E-state index contributed by atoms with van der Waals surface area (Å²) >= 11 is 0. The molecule has 2 aliphatic rings. The Morgan fingerprint density at radius 3 is 3.00 bits per heavy atom. The van der Waals surface area contributed by atoms with Gasteiger partial charge in [-0.15, -0.1) is 0 Å². The Bertz CT molecular complexity index is 482. The van der Waals surface area contributed by atoms with Crippen LogP contribution in [-0.4, -0.2) is 12.7 Å². The van der Waals surface area contributed by atoms with Gasteiger partial charge in [-0.2, -0.15) is 0 Å². The highest BCUT2D eigenvalue weighted by Crippen LogP contribution is 2.36. The molecule has 1 aliphatic heterocycles. The van der Waals surface area contributed by atoms with Crippen LogP contribution in [0.25, 0.3) is 0 Å². The fourth-order valence-electron chi connectivity index (χ4n) is 1.35. The van der Waals surface area contributed by atoms with Crippen molar-refractivity contribution in [2.75, 3.05) is 6.75 Å². The number of rotatable bonds is 2. The number of fused-ring (bicyclic) bond motifs is 1. The van der Waals surface area contributed by atoms with E-state index in [2.05, 4.69) is 0 Å². The molecule has 0 aromatic heterocycles. The van der Waals surface area contributed by atoms with Crippen LogP contribution in [0.4, 0.5) is 0 Å². The van der Waals surface area contributed by atoms with Crippen LogP contribution in [0.5, 0.6) is 17.2 Å². The maximum atomic E-state index is 11.4. The largest absolute Gasteiger partial charge is 0.454 e. The SMILES string of the molecule is [2H]C1([2H])Oc2ccc(OC(=O)C3CC3)cc2O1. The highest BCUT2D eigenvalue weighted by Gasteiger charge is 2.31. The minimum Gasteiger partial charge on any atom is -0.454 e. The van der Waals surface area contributed by atoms with E-state index in [1.54, 1.807) is 6.07 Å². The van der Waals surface area contributed by atoms with E-state index < -0.39 is 6.75 Å². The predicted octanol–water partition coefficient (Wildman–Crippen LogP) is 1.73. The zero-order valence-electron chi connectivity index (χ0n) is 9.86. The molecule has 1 fully saturated rings. The van der Waals surface area contributed by atoms with Crippen LogP contribution in [0.3, 0.4) is 0 Å². The molecule has 1 heterocycles. The van der Waals surface area contributed by atoms with E-state index in [1.807, 2.05) is 0 Å². The Kier molecular flexibility index (Phi) is 1.41. The Morgan fingerprint density at radius 2 is 2.20 bits per heavy atom. The fourth-order valence-corrected chi connectivity index (χ4v) is 1.35. The first-order valence-electron chi connectivity index (χ1n) is 5.77. The molecule has 3 rings (SSSR count). The van der Waals surface area contributed by atoms with Gasteiger partial charge >= 0.3 is 5.97 Å². The number of benzene rings is 1. The Morgan fingerprint density at radius 1 is 1.40 bits per heavy atom. The summed E-state index contributed by atoms with van der Waals surface area (Å²) in [5, 5.41) is 0. The molecule has 0 unspecified atom stereocenters. The molecular formula is C11H10O4. The minimum atomic E-state index is -2.15. The van der Waals surface area contributed by atoms with Crippen molar-refractivity contribution >= 4 is 5.97 Å². The Hall–Kier alpha value is -1.71. The van der Waals surface area contributed by atoms with Crippen LogP contribution >= 0.6 is 0 Å². The smallest absolute Gasteiger partial charge is 0.314 e. The quantitative estimate of drug-likeness (QED) is 0.548. The lowest BCUT2D eigenvalue weighted by Crippen LogP contribution is -2.09. The van der Waals surface area contributed by atoms with E-state index >= 15 is 0 Å². The van der Waals surface area contributed by atoms with Gasteiger partial charge in [-0.25, -0.2) is 0 Å². The van der Waals surface area contributed by atoms with Crippen molar-refractivity contribution in [3.63, 3.8) is 0 Å². The summed E-state index contributed by atoms with van der Waals surface area (Å²) in [7, 11) is 0. The zero-order valence-corrected chi connectivity index (χ0v) is 7.86. The van der Waals surface area contributed by atoms with Gasteiger partial charge in [-0.1, -0.05) is 0 Å². The zero-order chi connectivity index (χ0) is 12.0. The maximum absolute atomic E-state index is 11.4. The number of hydrogen-bond donors (Lipinski definition) is 0. The summed E-state index contributed by atoms with van der Waals surface area (Å²) < 4.78 is 29.5. The van der Waals surface area contributed by atoms with Crippen LogP contribution in [-0.2, 0) is 4.79 Å². The fraction of sp³-hybridized carbons (Fsp3) is 0.364. The first-order chi connectivity index (χ1) is 8.03. The molecule has 1 aromatic rings. The third-order valence-corrected chi connectivity index (χ3v) is 2.35. The molecule has 1 aliphatic carbocycles. The van der Waals surface area contributed by atoms with Crippen molar-refractivity contribution in [1.82, 2.24) is 0 Å². The van der Waals surface area contributed by atoms with Crippen molar-refractivity contribution in [2.45, 2.75) is 12.8 Å². The summed E-state index contributed by atoms with van der Waals surface area (Å²) in [6.45, 7) is -2.15. The van der Waals surface area contributed by atoms with E-state index in [0.717, 1.165) is 12.8 Å². The maximum Gasteiger partial charge on any atom is 0.314 e. The molecule has 0 spiro atoms. The molecule has 1 aromatic carbocycles. The molecule has 1 saturated carbocycles.